The van der Waals surface area contributed by atoms with Gasteiger partial charge in [0, 0.05) is 18.9 Å². The molecule has 9 heteroatoms. The Morgan fingerprint density at radius 2 is 1.93 bits per heavy atom. The van der Waals surface area contributed by atoms with Crippen molar-refractivity contribution < 1.29 is 13.2 Å². The fraction of sp³-hybridized carbons (Fsp3) is 0.389. The van der Waals surface area contributed by atoms with Crippen molar-refractivity contribution in [3.8, 4) is 0 Å². The summed E-state index contributed by atoms with van der Waals surface area (Å²) in [6, 6.07) is 7.88. The average molecular weight is 389 g/mol. The maximum atomic E-state index is 12.6. The van der Waals surface area contributed by atoms with Crippen LogP contribution in [0.25, 0.3) is 0 Å². The topological polar surface area (TPSA) is 127 Å². The van der Waals surface area contributed by atoms with Gasteiger partial charge in [0.1, 0.15) is 0 Å². The predicted molar refractivity (Wildman–Crippen MR) is 102 cm³/mol. The lowest BCUT2D eigenvalue weighted by atomic mass is 9.71. The van der Waals surface area contributed by atoms with Gasteiger partial charge in [-0.3, -0.25) is 4.79 Å². The third-order valence-corrected chi connectivity index (χ3v) is 5.84. The summed E-state index contributed by atoms with van der Waals surface area (Å²) in [7, 11) is -2.16. The Labute approximate surface area is 158 Å². The standard InChI is InChI=1S/C18H23N5O3S/c1-20-16(24)18(9-3-2-4-10-18)15-8-11-21-17(23-15)22-13-6-5-7-14(12-13)27(19,25)26/h5-8,11-12H,2-4,9-10H2,1H3,(H,20,24)(H2,19,25,26)(H,21,22,23). The van der Waals surface area contributed by atoms with Gasteiger partial charge in [-0.25, -0.2) is 23.5 Å². The highest BCUT2D eigenvalue weighted by molar-refractivity contribution is 7.89. The molecule has 0 unspecified atom stereocenters. The van der Waals surface area contributed by atoms with Crippen LogP contribution in [0.5, 0.6) is 0 Å². The molecule has 1 amide bonds. The van der Waals surface area contributed by atoms with Crippen LogP contribution in [-0.2, 0) is 20.2 Å². The van der Waals surface area contributed by atoms with Crippen LogP contribution in [0.15, 0.2) is 41.4 Å². The first-order valence-corrected chi connectivity index (χ1v) is 10.4. The summed E-state index contributed by atoms with van der Waals surface area (Å²) < 4.78 is 23.0. The van der Waals surface area contributed by atoms with E-state index < -0.39 is 15.4 Å². The molecule has 1 fully saturated rings. The molecule has 1 heterocycles. The first-order chi connectivity index (χ1) is 12.8. The van der Waals surface area contributed by atoms with Crippen LogP contribution in [-0.4, -0.2) is 31.3 Å². The average Bonchev–Trinajstić information content (AvgIpc) is 2.67. The summed E-state index contributed by atoms with van der Waals surface area (Å²) in [4.78, 5) is 21.4. The fourth-order valence-corrected chi connectivity index (χ4v) is 4.12. The number of hydrogen-bond acceptors (Lipinski definition) is 6. The van der Waals surface area contributed by atoms with E-state index in [-0.39, 0.29) is 10.8 Å². The first-order valence-electron chi connectivity index (χ1n) is 8.81. The Balaban J connectivity index is 1.93. The van der Waals surface area contributed by atoms with Crippen molar-refractivity contribution in [2.75, 3.05) is 12.4 Å². The van der Waals surface area contributed by atoms with Crippen molar-refractivity contribution in [3.05, 3.63) is 42.2 Å². The molecule has 1 aliphatic rings. The number of carbonyl (C=O) groups is 1. The number of anilines is 2. The molecule has 4 N–H and O–H groups in total. The molecule has 27 heavy (non-hydrogen) atoms. The molecule has 0 bridgehead atoms. The molecule has 144 valence electrons. The number of primary sulfonamides is 1. The van der Waals surface area contributed by atoms with E-state index in [0.717, 1.165) is 32.1 Å². The van der Waals surface area contributed by atoms with Crippen molar-refractivity contribution in [1.29, 1.82) is 0 Å². The summed E-state index contributed by atoms with van der Waals surface area (Å²) in [6.45, 7) is 0. The molecule has 8 nitrogen and oxygen atoms in total. The van der Waals surface area contributed by atoms with Crippen molar-refractivity contribution in [1.82, 2.24) is 15.3 Å². The molecule has 1 aromatic heterocycles. The van der Waals surface area contributed by atoms with Gasteiger partial charge in [-0.1, -0.05) is 25.3 Å². The lowest BCUT2D eigenvalue weighted by Gasteiger charge is -2.34. The zero-order chi connectivity index (χ0) is 19.5. The molecule has 1 aliphatic carbocycles. The van der Waals surface area contributed by atoms with E-state index >= 15 is 0 Å². The molecule has 2 aromatic rings. The maximum Gasteiger partial charge on any atom is 0.238 e. The van der Waals surface area contributed by atoms with E-state index in [1.807, 2.05) is 0 Å². The smallest absolute Gasteiger partial charge is 0.238 e. The van der Waals surface area contributed by atoms with Crippen LogP contribution in [0.2, 0.25) is 0 Å². The van der Waals surface area contributed by atoms with Crippen LogP contribution in [0.3, 0.4) is 0 Å². The van der Waals surface area contributed by atoms with Crippen molar-refractivity contribution in [3.63, 3.8) is 0 Å². The lowest BCUT2D eigenvalue weighted by Crippen LogP contribution is -2.45. The van der Waals surface area contributed by atoms with Crippen molar-refractivity contribution >= 4 is 27.6 Å². The number of amides is 1. The Morgan fingerprint density at radius 1 is 1.19 bits per heavy atom. The quantitative estimate of drug-likeness (QED) is 0.716. The number of carbonyl (C=O) groups excluding carboxylic acids is 1. The van der Waals surface area contributed by atoms with Gasteiger partial charge in [-0.2, -0.15) is 0 Å². The molecule has 3 rings (SSSR count). The van der Waals surface area contributed by atoms with Crippen LogP contribution < -0.4 is 15.8 Å². The number of hydrogen-bond donors (Lipinski definition) is 3. The summed E-state index contributed by atoms with van der Waals surface area (Å²) in [5.41, 5.74) is 0.507. The van der Waals surface area contributed by atoms with E-state index in [4.69, 9.17) is 5.14 Å². The second-order valence-corrected chi connectivity index (χ2v) is 8.25. The summed E-state index contributed by atoms with van der Waals surface area (Å²) in [5.74, 6) is 0.260. The normalized spacial score (nSPS) is 16.5. The number of rotatable bonds is 5. The SMILES string of the molecule is CNC(=O)C1(c2ccnc(Nc3cccc(S(N)(=O)=O)c3)n2)CCCCC1. The molecule has 0 atom stereocenters. The minimum absolute atomic E-state index is 0.00207. The lowest BCUT2D eigenvalue weighted by molar-refractivity contribution is -0.127. The van der Waals surface area contributed by atoms with Gasteiger partial charge >= 0.3 is 0 Å². The molecular formula is C18H23N5O3S. The molecule has 1 saturated carbocycles. The Hall–Kier alpha value is -2.52. The summed E-state index contributed by atoms with van der Waals surface area (Å²) in [5, 5.41) is 10.9. The van der Waals surface area contributed by atoms with Gasteiger partial charge in [0.05, 0.1) is 16.0 Å². The van der Waals surface area contributed by atoms with E-state index in [1.54, 1.807) is 31.4 Å². The van der Waals surface area contributed by atoms with Crippen molar-refractivity contribution in [2.24, 2.45) is 5.14 Å². The van der Waals surface area contributed by atoms with Gasteiger partial charge in [0.2, 0.25) is 21.9 Å². The van der Waals surface area contributed by atoms with Gasteiger partial charge < -0.3 is 10.6 Å². The largest absolute Gasteiger partial charge is 0.358 e. The molecular weight excluding hydrogens is 366 g/mol. The number of aromatic nitrogens is 2. The third kappa shape index (κ3) is 4.09. The number of nitrogens with one attached hydrogen (secondary N) is 2. The van der Waals surface area contributed by atoms with E-state index in [2.05, 4.69) is 20.6 Å². The van der Waals surface area contributed by atoms with Crippen LogP contribution in [0, 0.1) is 0 Å². The van der Waals surface area contributed by atoms with Crippen molar-refractivity contribution in [2.45, 2.75) is 42.4 Å². The maximum absolute atomic E-state index is 12.6. The highest BCUT2D eigenvalue weighted by Gasteiger charge is 2.42. The van der Waals surface area contributed by atoms with Crippen LogP contribution in [0.4, 0.5) is 11.6 Å². The van der Waals surface area contributed by atoms with Crippen LogP contribution >= 0.6 is 0 Å². The van der Waals surface area contributed by atoms with E-state index in [9.17, 15) is 13.2 Å². The second kappa shape index (κ2) is 7.61. The van der Waals surface area contributed by atoms with Gasteiger partial charge in [0.15, 0.2) is 0 Å². The highest BCUT2D eigenvalue weighted by Crippen LogP contribution is 2.39. The Morgan fingerprint density at radius 3 is 2.59 bits per heavy atom. The Bertz CT molecular complexity index is 940. The zero-order valence-corrected chi connectivity index (χ0v) is 15.9. The number of likely N-dealkylation sites (N-methyl/N-ethyl adjacent to an activating group) is 1. The molecule has 1 aromatic carbocycles. The van der Waals surface area contributed by atoms with Crippen LogP contribution in [0.1, 0.15) is 37.8 Å². The number of benzene rings is 1. The molecule has 0 aliphatic heterocycles. The fourth-order valence-electron chi connectivity index (χ4n) is 3.56. The minimum Gasteiger partial charge on any atom is -0.358 e. The predicted octanol–water partition coefficient (Wildman–Crippen LogP) is 1.82. The number of sulfonamides is 1. The molecule has 0 radical (unpaired) electrons. The summed E-state index contributed by atoms with van der Waals surface area (Å²) in [6.07, 6.45) is 6.13. The highest BCUT2D eigenvalue weighted by atomic mass is 32.2. The van der Waals surface area contributed by atoms with Gasteiger partial charge in [-0.15, -0.1) is 0 Å². The summed E-state index contributed by atoms with van der Waals surface area (Å²) >= 11 is 0. The molecule has 0 saturated heterocycles. The number of nitrogens with two attached hydrogens (primary N) is 1. The molecule has 0 spiro atoms. The monoisotopic (exact) mass is 389 g/mol. The van der Waals surface area contributed by atoms with E-state index in [0.29, 0.717) is 17.3 Å². The van der Waals surface area contributed by atoms with E-state index in [1.165, 1.54) is 12.1 Å². The third-order valence-electron chi connectivity index (χ3n) is 4.93. The zero-order valence-electron chi connectivity index (χ0n) is 15.1. The second-order valence-electron chi connectivity index (χ2n) is 6.69. The van der Waals surface area contributed by atoms with Gasteiger partial charge in [0.25, 0.3) is 0 Å². The first kappa shape index (κ1) is 19.2. The minimum atomic E-state index is -3.80. The Kier molecular flexibility index (Phi) is 5.43. The number of nitrogens with zero attached hydrogens (tertiary/aromatic N) is 2. The van der Waals surface area contributed by atoms with Gasteiger partial charge in [-0.05, 0) is 37.1 Å².